The number of aliphatic hydroxyl groups excluding tert-OH is 1. The van der Waals surface area contributed by atoms with Gasteiger partial charge in [0.15, 0.2) is 0 Å². The molecule has 3 heteroatoms. The highest BCUT2D eigenvalue weighted by molar-refractivity contribution is 5.58. The molecule has 82 valence electrons. The van der Waals surface area contributed by atoms with Crippen molar-refractivity contribution in [1.29, 1.82) is 0 Å². The zero-order valence-corrected chi connectivity index (χ0v) is 9.09. The smallest absolute Gasteiger partial charge is 0.0681 e. The van der Waals surface area contributed by atoms with E-state index >= 15 is 0 Å². The van der Waals surface area contributed by atoms with Gasteiger partial charge in [0, 0.05) is 18.2 Å². The van der Waals surface area contributed by atoms with Gasteiger partial charge < -0.3 is 15.7 Å². The molecule has 2 rings (SSSR count). The maximum Gasteiger partial charge on any atom is 0.0681 e. The minimum absolute atomic E-state index is 0.131. The summed E-state index contributed by atoms with van der Waals surface area (Å²) < 4.78 is 0. The molecular weight excluding hydrogens is 188 g/mol. The van der Waals surface area contributed by atoms with Crippen molar-refractivity contribution in [3.63, 3.8) is 0 Å². The standard InChI is InChI=1S/C12H18N2O/c1-13-5-4-10-7-14-12-3-2-9(8-15)6-11(10)12/h2-3,6,10,13-15H,4-5,7-8H2,1H3. The van der Waals surface area contributed by atoms with E-state index in [9.17, 15) is 0 Å². The second-order valence-corrected chi connectivity index (χ2v) is 4.05. The topological polar surface area (TPSA) is 44.3 Å². The molecule has 0 radical (unpaired) electrons. The van der Waals surface area contributed by atoms with Crippen LogP contribution in [0.5, 0.6) is 0 Å². The lowest BCUT2D eigenvalue weighted by atomic mass is 9.96. The van der Waals surface area contributed by atoms with E-state index in [-0.39, 0.29) is 6.61 Å². The number of anilines is 1. The summed E-state index contributed by atoms with van der Waals surface area (Å²) in [6.45, 7) is 2.19. The van der Waals surface area contributed by atoms with Gasteiger partial charge in [0.25, 0.3) is 0 Å². The van der Waals surface area contributed by atoms with Crippen LogP contribution in [0.1, 0.15) is 23.5 Å². The normalized spacial score (nSPS) is 18.7. The Bertz CT molecular complexity index is 338. The molecule has 1 unspecified atom stereocenters. The summed E-state index contributed by atoms with van der Waals surface area (Å²) in [5, 5.41) is 15.7. The third kappa shape index (κ3) is 2.13. The third-order valence-electron chi connectivity index (χ3n) is 3.02. The molecule has 1 atom stereocenters. The molecule has 0 aliphatic carbocycles. The second-order valence-electron chi connectivity index (χ2n) is 4.05. The first-order chi connectivity index (χ1) is 7.35. The van der Waals surface area contributed by atoms with Crippen LogP contribution >= 0.6 is 0 Å². The second kappa shape index (κ2) is 4.64. The van der Waals surface area contributed by atoms with Crippen LogP contribution in [-0.4, -0.2) is 25.2 Å². The molecular formula is C12H18N2O. The first-order valence-electron chi connectivity index (χ1n) is 5.47. The highest BCUT2D eigenvalue weighted by Gasteiger charge is 2.21. The Balaban J connectivity index is 2.16. The highest BCUT2D eigenvalue weighted by atomic mass is 16.3. The quantitative estimate of drug-likeness (QED) is 0.695. The van der Waals surface area contributed by atoms with Crippen molar-refractivity contribution in [2.75, 3.05) is 25.5 Å². The monoisotopic (exact) mass is 206 g/mol. The molecule has 1 aliphatic rings. The molecule has 0 aromatic heterocycles. The van der Waals surface area contributed by atoms with Crippen LogP contribution in [0.4, 0.5) is 5.69 Å². The summed E-state index contributed by atoms with van der Waals surface area (Å²) in [6.07, 6.45) is 1.14. The van der Waals surface area contributed by atoms with Gasteiger partial charge in [-0.1, -0.05) is 12.1 Å². The number of nitrogens with one attached hydrogen (secondary N) is 2. The minimum Gasteiger partial charge on any atom is -0.392 e. The number of fused-ring (bicyclic) bond motifs is 1. The zero-order chi connectivity index (χ0) is 10.7. The first kappa shape index (κ1) is 10.5. The van der Waals surface area contributed by atoms with Gasteiger partial charge in [-0.05, 0) is 37.2 Å². The Morgan fingerprint density at radius 3 is 3.13 bits per heavy atom. The van der Waals surface area contributed by atoms with Gasteiger partial charge in [-0.15, -0.1) is 0 Å². The predicted molar refractivity (Wildman–Crippen MR) is 62.1 cm³/mol. The van der Waals surface area contributed by atoms with Crippen molar-refractivity contribution in [3.8, 4) is 0 Å². The lowest BCUT2D eigenvalue weighted by Crippen LogP contribution is -2.13. The van der Waals surface area contributed by atoms with Gasteiger partial charge in [-0.2, -0.15) is 0 Å². The molecule has 0 fully saturated rings. The molecule has 0 spiro atoms. The number of hydrogen-bond donors (Lipinski definition) is 3. The van der Waals surface area contributed by atoms with Crippen LogP contribution in [0.15, 0.2) is 18.2 Å². The summed E-state index contributed by atoms with van der Waals surface area (Å²) in [5.74, 6) is 0.582. The Labute approximate surface area is 90.5 Å². The third-order valence-corrected chi connectivity index (χ3v) is 3.02. The molecule has 1 heterocycles. The van der Waals surface area contributed by atoms with Crippen LogP contribution in [0.2, 0.25) is 0 Å². The average molecular weight is 206 g/mol. The molecule has 1 aliphatic heterocycles. The van der Waals surface area contributed by atoms with E-state index < -0.39 is 0 Å². The Hall–Kier alpha value is -1.06. The Morgan fingerprint density at radius 1 is 1.53 bits per heavy atom. The first-order valence-corrected chi connectivity index (χ1v) is 5.47. The number of aliphatic hydroxyl groups is 1. The van der Waals surface area contributed by atoms with Crippen molar-refractivity contribution in [2.45, 2.75) is 18.9 Å². The molecule has 3 N–H and O–H groups in total. The van der Waals surface area contributed by atoms with E-state index in [2.05, 4.69) is 22.8 Å². The van der Waals surface area contributed by atoms with E-state index in [0.717, 1.165) is 25.1 Å². The molecule has 0 bridgehead atoms. The predicted octanol–water partition coefficient (Wildman–Crippen LogP) is 1.30. The van der Waals surface area contributed by atoms with Crippen molar-refractivity contribution in [3.05, 3.63) is 29.3 Å². The fraction of sp³-hybridized carbons (Fsp3) is 0.500. The van der Waals surface area contributed by atoms with Crippen molar-refractivity contribution in [1.82, 2.24) is 5.32 Å². The van der Waals surface area contributed by atoms with Crippen molar-refractivity contribution < 1.29 is 5.11 Å². The van der Waals surface area contributed by atoms with Crippen LogP contribution in [0.3, 0.4) is 0 Å². The summed E-state index contributed by atoms with van der Waals surface area (Å²) in [5.41, 5.74) is 3.59. The van der Waals surface area contributed by atoms with Crippen LogP contribution < -0.4 is 10.6 Å². The van der Waals surface area contributed by atoms with Gasteiger partial charge in [0.2, 0.25) is 0 Å². The van der Waals surface area contributed by atoms with Gasteiger partial charge in [0.05, 0.1) is 6.61 Å². The maximum atomic E-state index is 9.10. The van der Waals surface area contributed by atoms with Gasteiger partial charge in [-0.25, -0.2) is 0 Å². The molecule has 0 saturated heterocycles. The summed E-state index contributed by atoms with van der Waals surface area (Å²) >= 11 is 0. The maximum absolute atomic E-state index is 9.10. The molecule has 3 nitrogen and oxygen atoms in total. The van der Waals surface area contributed by atoms with E-state index in [1.54, 1.807) is 0 Å². The van der Waals surface area contributed by atoms with E-state index in [4.69, 9.17) is 5.11 Å². The molecule has 1 aromatic carbocycles. The van der Waals surface area contributed by atoms with Gasteiger partial charge in [-0.3, -0.25) is 0 Å². The van der Waals surface area contributed by atoms with Crippen molar-refractivity contribution >= 4 is 5.69 Å². The fourth-order valence-electron chi connectivity index (χ4n) is 2.13. The van der Waals surface area contributed by atoms with Crippen molar-refractivity contribution in [2.24, 2.45) is 0 Å². The Morgan fingerprint density at radius 2 is 2.40 bits per heavy atom. The molecule has 1 aromatic rings. The molecule has 0 saturated carbocycles. The lowest BCUT2D eigenvalue weighted by molar-refractivity contribution is 0.281. The van der Waals surface area contributed by atoms with Crippen LogP contribution in [0, 0.1) is 0 Å². The van der Waals surface area contributed by atoms with E-state index in [1.807, 2.05) is 13.1 Å². The number of hydrogen-bond acceptors (Lipinski definition) is 3. The summed E-state index contributed by atoms with van der Waals surface area (Å²) in [7, 11) is 1.98. The largest absolute Gasteiger partial charge is 0.392 e. The minimum atomic E-state index is 0.131. The number of rotatable bonds is 4. The summed E-state index contributed by atoms with van der Waals surface area (Å²) in [6, 6.07) is 6.17. The van der Waals surface area contributed by atoms with E-state index in [1.165, 1.54) is 11.3 Å². The number of benzene rings is 1. The molecule has 15 heavy (non-hydrogen) atoms. The lowest BCUT2D eigenvalue weighted by Gasteiger charge is -2.10. The van der Waals surface area contributed by atoms with Crippen LogP contribution in [-0.2, 0) is 6.61 Å². The SMILES string of the molecule is CNCCC1CNc2ccc(CO)cc21. The van der Waals surface area contributed by atoms with E-state index in [0.29, 0.717) is 5.92 Å². The van der Waals surface area contributed by atoms with Crippen LogP contribution in [0.25, 0.3) is 0 Å². The fourth-order valence-corrected chi connectivity index (χ4v) is 2.13. The Kier molecular flexibility index (Phi) is 3.23. The van der Waals surface area contributed by atoms with Gasteiger partial charge >= 0.3 is 0 Å². The van der Waals surface area contributed by atoms with Gasteiger partial charge in [0.1, 0.15) is 0 Å². The molecule has 0 amide bonds. The summed E-state index contributed by atoms with van der Waals surface area (Å²) in [4.78, 5) is 0. The highest BCUT2D eigenvalue weighted by Crippen LogP contribution is 2.33. The average Bonchev–Trinajstić information content (AvgIpc) is 2.68. The zero-order valence-electron chi connectivity index (χ0n) is 9.09.